The van der Waals surface area contributed by atoms with E-state index in [0.29, 0.717) is 0 Å². The zero-order valence-electron chi connectivity index (χ0n) is 9.84. The van der Waals surface area contributed by atoms with E-state index in [1.807, 2.05) is 24.3 Å². The fourth-order valence-corrected chi connectivity index (χ4v) is 2.41. The van der Waals surface area contributed by atoms with Gasteiger partial charge in [-0.1, -0.05) is 6.07 Å². The maximum absolute atomic E-state index is 10.8. The summed E-state index contributed by atoms with van der Waals surface area (Å²) in [5, 5.41) is 10.8. The summed E-state index contributed by atoms with van der Waals surface area (Å²) in [7, 11) is 1.63. The highest BCUT2D eigenvalue weighted by molar-refractivity contribution is 5.78. The normalized spacial score (nSPS) is 11.8. The average Bonchev–Trinajstić information content (AvgIpc) is 2.74. The molecule has 0 atom stereocenters. The number of benzene rings is 2. The van der Waals surface area contributed by atoms with Gasteiger partial charge in [-0.25, -0.2) is 0 Å². The van der Waals surface area contributed by atoms with E-state index >= 15 is 0 Å². The molecule has 0 amide bonds. The number of nitro benzene ring substituents is 1. The lowest BCUT2D eigenvalue weighted by atomic mass is 10.1. The van der Waals surface area contributed by atoms with E-state index < -0.39 is 0 Å². The van der Waals surface area contributed by atoms with Crippen molar-refractivity contribution in [3.63, 3.8) is 0 Å². The fraction of sp³-hybridized carbons (Fsp3) is 0.143. The van der Waals surface area contributed by atoms with Crippen LogP contribution in [0.15, 0.2) is 36.4 Å². The molecule has 0 aliphatic heterocycles. The van der Waals surface area contributed by atoms with Crippen LogP contribution in [0, 0.1) is 10.1 Å². The molecular weight excluding hydrogens is 230 g/mol. The van der Waals surface area contributed by atoms with Gasteiger partial charge in [-0.05, 0) is 46.9 Å². The largest absolute Gasteiger partial charge is 0.497 e. The molecule has 1 aliphatic rings. The van der Waals surface area contributed by atoms with Crippen LogP contribution in [0.5, 0.6) is 5.75 Å². The highest BCUT2D eigenvalue weighted by atomic mass is 16.6. The molecule has 0 bridgehead atoms. The average molecular weight is 241 g/mol. The molecular formula is C14H11NO3. The molecule has 90 valence electrons. The lowest BCUT2D eigenvalue weighted by Gasteiger charge is -2.03. The molecule has 0 heterocycles. The molecule has 0 radical (unpaired) electrons. The Morgan fingerprint density at radius 2 is 1.78 bits per heavy atom. The maximum Gasteiger partial charge on any atom is 0.269 e. The lowest BCUT2D eigenvalue weighted by Crippen LogP contribution is -1.89. The highest BCUT2D eigenvalue weighted by Crippen LogP contribution is 2.39. The number of fused-ring (bicyclic) bond motifs is 3. The van der Waals surface area contributed by atoms with Crippen LogP contribution in [0.3, 0.4) is 0 Å². The van der Waals surface area contributed by atoms with Gasteiger partial charge < -0.3 is 4.74 Å². The Bertz CT molecular complexity index is 649. The second kappa shape index (κ2) is 3.84. The van der Waals surface area contributed by atoms with Crippen LogP contribution < -0.4 is 4.74 Å². The zero-order valence-corrected chi connectivity index (χ0v) is 9.84. The summed E-state index contributed by atoms with van der Waals surface area (Å²) in [5.74, 6) is 0.816. The summed E-state index contributed by atoms with van der Waals surface area (Å²) in [6.45, 7) is 0. The minimum absolute atomic E-state index is 0.147. The fourth-order valence-electron chi connectivity index (χ4n) is 2.41. The molecule has 0 aromatic heterocycles. The molecule has 3 rings (SSSR count). The van der Waals surface area contributed by atoms with Gasteiger partial charge in [-0.3, -0.25) is 10.1 Å². The standard InChI is InChI=1S/C14H11NO3/c1-18-12-3-5-14-10(8-12)6-9-7-11(15(16)17)2-4-13(9)14/h2-5,7-8H,6H2,1H3. The van der Waals surface area contributed by atoms with Gasteiger partial charge in [0, 0.05) is 12.1 Å². The molecule has 0 saturated carbocycles. The van der Waals surface area contributed by atoms with E-state index in [0.717, 1.165) is 34.4 Å². The van der Waals surface area contributed by atoms with Crippen molar-refractivity contribution in [2.75, 3.05) is 7.11 Å². The van der Waals surface area contributed by atoms with Crippen LogP contribution >= 0.6 is 0 Å². The van der Waals surface area contributed by atoms with E-state index in [9.17, 15) is 10.1 Å². The molecule has 0 unspecified atom stereocenters. The predicted octanol–water partition coefficient (Wildman–Crippen LogP) is 3.17. The number of ether oxygens (including phenoxy) is 1. The van der Waals surface area contributed by atoms with E-state index in [1.165, 1.54) is 0 Å². The summed E-state index contributed by atoms with van der Waals surface area (Å²) in [6.07, 6.45) is 0.726. The number of rotatable bonds is 2. The van der Waals surface area contributed by atoms with Crippen molar-refractivity contribution in [1.82, 2.24) is 0 Å². The highest BCUT2D eigenvalue weighted by Gasteiger charge is 2.21. The van der Waals surface area contributed by atoms with E-state index in [2.05, 4.69) is 0 Å². The number of hydrogen-bond donors (Lipinski definition) is 0. The first-order valence-corrected chi connectivity index (χ1v) is 5.63. The van der Waals surface area contributed by atoms with Crippen molar-refractivity contribution in [3.05, 3.63) is 57.6 Å². The molecule has 1 aliphatic carbocycles. The number of nitrogens with zero attached hydrogens (tertiary/aromatic N) is 1. The van der Waals surface area contributed by atoms with Crippen LogP contribution in [0.25, 0.3) is 11.1 Å². The minimum atomic E-state index is -0.357. The molecule has 2 aromatic rings. The molecule has 0 saturated heterocycles. The number of nitro groups is 1. The molecule has 0 spiro atoms. The van der Waals surface area contributed by atoms with Crippen molar-refractivity contribution >= 4 is 5.69 Å². The second-order valence-electron chi connectivity index (χ2n) is 4.30. The van der Waals surface area contributed by atoms with Gasteiger partial charge >= 0.3 is 0 Å². The van der Waals surface area contributed by atoms with Gasteiger partial charge in [0.2, 0.25) is 0 Å². The third-order valence-electron chi connectivity index (χ3n) is 3.28. The van der Waals surface area contributed by atoms with Crippen molar-refractivity contribution in [2.24, 2.45) is 0 Å². The Morgan fingerprint density at radius 1 is 1.11 bits per heavy atom. The van der Waals surface area contributed by atoms with E-state index in [4.69, 9.17) is 4.74 Å². The van der Waals surface area contributed by atoms with Crippen LogP contribution in [-0.4, -0.2) is 12.0 Å². The number of methoxy groups -OCH3 is 1. The summed E-state index contributed by atoms with van der Waals surface area (Å²) in [4.78, 5) is 10.4. The van der Waals surface area contributed by atoms with Crippen molar-refractivity contribution in [3.8, 4) is 16.9 Å². The second-order valence-corrected chi connectivity index (χ2v) is 4.30. The Kier molecular flexibility index (Phi) is 2.30. The van der Waals surface area contributed by atoms with Gasteiger partial charge in [0.1, 0.15) is 5.75 Å². The predicted molar refractivity (Wildman–Crippen MR) is 67.9 cm³/mol. The first-order valence-electron chi connectivity index (χ1n) is 5.63. The summed E-state index contributed by atoms with van der Waals surface area (Å²) in [5.41, 5.74) is 4.53. The topological polar surface area (TPSA) is 52.4 Å². The van der Waals surface area contributed by atoms with Gasteiger partial charge in [0.15, 0.2) is 0 Å². The molecule has 4 nitrogen and oxygen atoms in total. The molecule has 4 heteroatoms. The molecule has 0 N–H and O–H groups in total. The van der Waals surface area contributed by atoms with Gasteiger partial charge in [0.05, 0.1) is 12.0 Å². The van der Waals surface area contributed by atoms with Crippen molar-refractivity contribution in [1.29, 1.82) is 0 Å². The quantitative estimate of drug-likeness (QED) is 0.511. The van der Waals surface area contributed by atoms with Crippen molar-refractivity contribution in [2.45, 2.75) is 6.42 Å². The SMILES string of the molecule is COc1ccc2c(c1)Cc1cc([N+](=O)[O-])ccc1-2. The Hall–Kier alpha value is -2.36. The summed E-state index contributed by atoms with van der Waals surface area (Å²) in [6, 6.07) is 10.9. The van der Waals surface area contributed by atoms with Crippen LogP contribution in [0.1, 0.15) is 11.1 Å². The number of non-ortho nitro benzene ring substituents is 1. The monoisotopic (exact) mass is 241 g/mol. The maximum atomic E-state index is 10.8. The van der Waals surface area contributed by atoms with E-state index in [-0.39, 0.29) is 10.6 Å². The third kappa shape index (κ3) is 1.54. The minimum Gasteiger partial charge on any atom is -0.497 e. The lowest BCUT2D eigenvalue weighted by molar-refractivity contribution is -0.384. The number of hydrogen-bond acceptors (Lipinski definition) is 3. The van der Waals surface area contributed by atoms with E-state index in [1.54, 1.807) is 19.2 Å². The van der Waals surface area contributed by atoms with Crippen LogP contribution in [-0.2, 0) is 6.42 Å². The first-order chi connectivity index (χ1) is 8.69. The first kappa shape index (κ1) is 10.8. The Labute approximate surface area is 104 Å². The van der Waals surface area contributed by atoms with Crippen LogP contribution in [0.2, 0.25) is 0 Å². The van der Waals surface area contributed by atoms with Gasteiger partial charge in [0.25, 0.3) is 5.69 Å². The van der Waals surface area contributed by atoms with Crippen LogP contribution in [0.4, 0.5) is 5.69 Å². The van der Waals surface area contributed by atoms with Gasteiger partial charge in [-0.15, -0.1) is 0 Å². The smallest absolute Gasteiger partial charge is 0.269 e. The summed E-state index contributed by atoms with van der Waals surface area (Å²) < 4.78 is 5.19. The third-order valence-corrected chi connectivity index (χ3v) is 3.28. The zero-order chi connectivity index (χ0) is 12.7. The van der Waals surface area contributed by atoms with Crippen molar-refractivity contribution < 1.29 is 9.66 Å². The molecule has 18 heavy (non-hydrogen) atoms. The Balaban J connectivity index is 2.10. The Morgan fingerprint density at radius 3 is 2.44 bits per heavy atom. The van der Waals surface area contributed by atoms with Gasteiger partial charge in [-0.2, -0.15) is 0 Å². The molecule has 2 aromatic carbocycles. The molecule has 0 fully saturated rings. The summed E-state index contributed by atoms with van der Waals surface area (Å²) >= 11 is 0.